The average molecular weight is 411 g/mol. The molecule has 0 aliphatic carbocycles. The van der Waals surface area contributed by atoms with Crippen molar-refractivity contribution in [2.45, 2.75) is 19.9 Å². The van der Waals surface area contributed by atoms with Crippen molar-refractivity contribution in [3.8, 4) is 5.75 Å². The number of anilines is 1. The van der Waals surface area contributed by atoms with Crippen molar-refractivity contribution in [2.75, 3.05) is 23.7 Å². The number of nitrogens with zero attached hydrogens (tertiary/aromatic N) is 1. The van der Waals surface area contributed by atoms with Crippen LogP contribution in [0.1, 0.15) is 12.5 Å². The van der Waals surface area contributed by atoms with Crippen LogP contribution in [0.2, 0.25) is 5.02 Å². The molecule has 27 heavy (non-hydrogen) atoms. The van der Waals surface area contributed by atoms with Crippen LogP contribution in [0, 0.1) is 6.92 Å². The summed E-state index contributed by atoms with van der Waals surface area (Å²) in [4.78, 5) is 12.3. The number of carbonyl (C=O) groups is 1. The van der Waals surface area contributed by atoms with Gasteiger partial charge in [0.1, 0.15) is 18.9 Å². The van der Waals surface area contributed by atoms with Gasteiger partial charge in [-0.05, 0) is 49.7 Å². The molecule has 2 rings (SSSR count). The number of benzene rings is 2. The summed E-state index contributed by atoms with van der Waals surface area (Å²) in [6, 6.07) is 13.6. The number of para-hydroxylation sites is 1. The Morgan fingerprint density at radius 1 is 1.19 bits per heavy atom. The number of nitrogens with one attached hydrogen (secondary N) is 1. The summed E-state index contributed by atoms with van der Waals surface area (Å²) in [5.41, 5.74) is 1.38. The van der Waals surface area contributed by atoms with Crippen LogP contribution in [0.3, 0.4) is 0 Å². The Balaban J connectivity index is 1.97. The number of amides is 1. The molecular weight excluding hydrogens is 388 g/mol. The molecule has 0 radical (unpaired) electrons. The minimum Gasteiger partial charge on any atom is -0.491 e. The quantitative estimate of drug-likeness (QED) is 0.725. The maximum atomic E-state index is 12.3. The monoisotopic (exact) mass is 410 g/mol. The number of ether oxygens (including phenoxy) is 1. The maximum Gasteiger partial charge on any atom is 0.241 e. The van der Waals surface area contributed by atoms with Crippen molar-refractivity contribution in [3.63, 3.8) is 0 Å². The normalized spacial score (nSPS) is 12.3. The van der Waals surface area contributed by atoms with Crippen LogP contribution in [0.5, 0.6) is 5.75 Å². The van der Waals surface area contributed by atoms with Crippen LogP contribution >= 0.6 is 11.6 Å². The number of rotatable bonds is 8. The van der Waals surface area contributed by atoms with E-state index in [9.17, 15) is 13.2 Å². The van der Waals surface area contributed by atoms with Gasteiger partial charge in [0.25, 0.3) is 0 Å². The second kappa shape index (κ2) is 9.10. The molecule has 0 saturated heterocycles. The average Bonchev–Trinajstić information content (AvgIpc) is 2.59. The minimum atomic E-state index is -3.62. The fourth-order valence-electron chi connectivity index (χ4n) is 2.43. The Morgan fingerprint density at radius 2 is 1.81 bits per heavy atom. The SMILES string of the molecule is Cc1ccccc1OCC(C)NC(=O)CN(c1ccc(Cl)cc1)S(C)(=O)=O. The summed E-state index contributed by atoms with van der Waals surface area (Å²) in [5.74, 6) is 0.328. The molecule has 2 aromatic carbocycles. The second-order valence-corrected chi connectivity index (χ2v) is 8.63. The molecule has 0 fully saturated rings. The number of halogens is 1. The number of hydrogen-bond donors (Lipinski definition) is 1. The third-order valence-corrected chi connectivity index (χ3v) is 5.18. The van der Waals surface area contributed by atoms with Gasteiger partial charge in [-0.2, -0.15) is 0 Å². The number of hydrogen-bond acceptors (Lipinski definition) is 4. The first-order valence-corrected chi connectivity index (χ1v) is 10.6. The summed E-state index contributed by atoms with van der Waals surface area (Å²) in [6.07, 6.45) is 1.06. The molecule has 0 aliphatic heterocycles. The summed E-state index contributed by atoms with van der Waals surface area (Å²) >= 11 is 5.84. The molecule has 1 atom stereocenters. The lowest BCUT2D eigenvalue weighted by molar-refractivity contribution is -0.120. The molecular formula is C19H23ClN2O4S. The van der Waals surface area contributed by atoms with Gasteiger partial charge < -0.3 is 10.1 Å². The molecule has 1 amide bonds. The molecule has 0 heterocycles. The van der Waals surface area contributed by atoms with Gasteiger partial charge in [0.15, 0.2) is 0 Å². The molecule has 0 bridgehead atoms. The van der Waals surface area contributed by atoms with E-state index in [1.54, 1.807) is 31.2 Å². The van der Waals surface area contributed by atoms with Gasteiger partial charge in [0, 0.05) is 5.02 Å². The predicted molar refractivity (Wildman–Crippen MR) is 108 cm³/mol. The van der Waals surface area contributed by atoms with Gasteiger partial charge >= 0.3 is 0 Å². The lowest BCUT2D eigenvalue weighted by Gasteiger charge is -2.23. The number of carbonyl (C=O) groups excluding carboxylic acids is 1. The topological polar surface area (TPSA) is 75.7 Å². The minimum absolute atomic E-state index is 0.274. The first-order valence-electron chi connectivity index (χ1n) is 8.38. The number of aryl methyl sites for hydroxylation is 1. The lowest BCUT2D eigenvalue weighted by Crippen LogP contribution is -2.44. The van der Waals surface area contributed by atoms with Crippen molar-refractivity contribution in [3.05, 3.63) is 59.1 Å². The van der Waals surface area contributed by atoms with E-state index in [-0.39, 0.29) is 19.2 Å². The van der Waals surface area contributed by atoms with Crippen molar-refractivity contribution >= 4 is 33.2 Å². The van der Waals surface area contributed by atoms with Crippen molar-refractivity contribution in [1.82, 2.24) is 5.32 Å². The molecule has 0 aliphatic rings. The third-order valence-electron chi connectivity index (χ3n) is 3.79. The van der Waals surface area contributed by atoms with Crippen LogP contribution in [-0.2, 0) is 14.8 Å². The highest BCUT2D eigenvalue weighted by atomic mass is 35.5. The van der Waals surface area contributed by atoms with E-state index in [1.807, 2.05) is 31.2 Å². The maximum absolute atomic E-state index is 12.3. The van der Waals surface area contributed by atoms with Crippen molar-refractivity contribution < 1.29 is 17.9 Å². The Hall–Kier alpha value is -2.25. The summed E-state index contributed by atoms with van der Waals surface area (Å²) in [7, 11) is -3.62. The molecule has 0 spiro atoms. The van der Waals surface area contributed by atoms with Gasteiger partial charge in [0.05, 0.1) is 18.0 Å². The summed E-state index contributed by atoms with van der Waals surface area (Å²) in [5, 5.41) is 3.24. The Morgan fingerprint density at radius 3 is 2.41 bits per heavy atom. The first kappa shape index (κ1) is 21.1. The smallest absolute Gasteiger partial charge is 0.241 e. The van der Waals surface area contributed by atoms with Gasteiger partial charge in [0.2, 0.25) is 15.9 Å². The molecule has 6 nitrogen and oxygen atoms in total. The largest absolute Gasteiger partial charge is 0.491 e. The van der Waals surface area contributed by atoms with E-state index < -0.39 is 15.9 Å². The summed E-state index contributed by atoms with van der Waals surface area (Å²) in [6.45, 7) is 3.68. The highest BCUT2D eigenvalue weighted by Crippen LogP contribution is 2.20. The van der Waals surface area contributed by atoms with E-state index in [2.05, 4.69) is 5.32 Å². The van der Waals surface area contributed by atoms with Gasteiger partial charge in [-0.25, -0.2) is 8.42 Å². The first-order chi connectivity index (χ1) is 12.7. The van der Waals surface area contributed by atoms with E-state index in [0.29, 0.717) is 10.7 Å². The van der Waals surface area contributed by atoms with E-state index in [4.69, 9.17) is 16.3 Å². The molecule has 8 heteroatoms. The number of sulfonamides is 1. The summed E-state index contributed by atoms with van der Waals surface area (Å²) < 4.78 is 30.9. The molecule has 1 N–H and O–H groups in total. The highest BCUT2D eigenvalue weighted by molar-refractivity contribution is 7.92. The van der Waals surface area contributed by atoms with Gasteiger partial charge in [-0.1, -0.05) is 29.8 Å². The zero-order valence-electron chi connectivity index (χ0n) is 15.5. The van der Waals surface area contributed by atoms with E-state index >= 15 is 0 Å². The Labute approximate surface area is 165 Å². The van der Waals surface area contributed by atoms with E-state index in [1.165, 1.54) is 0 Å². The van der Waals surface area contributed by atoms with Crippen molar-refractivity contribution in [2.24, 2.45) is 0 Å². The van der Waals surface area contributed by atoms with Crippen molar-refractivity contribution in [1.29, 1.82) is 0 Å². The van der Waals surface area contributed by atoms with Crippen LogP contribution in [0.4, 0.5) is 5.69 Å². The second-order valence-electron chi connectivity index (χ2n) is 6.29. The van der Waals surface area contributed by atoms with Crippen LogP contribution in [0.25, 0.3) is 0 Å². The van der Waals surface area contributed by atoms with Gasteiger partial charge in [-0.3, -0.25) is 9.10 Å². The fraction of sp³-hybridized carbons (Fsp3) is 0.316. The molecule has 1 unspecified atom stereocenters. The molecule has 0 saturated carbocycles. The van der Waals surface area contributed by atoms with Crippen LogP contribution in [0.15, 0.2) is 48.5 Å². The molecule has 146 valence electrons. The highest BCUT2D eigenvalue weighted by Gasteiger charge is 2.21. The van der Waals surface area contributed by atoms with Crippen LogP contribution in [-0.4, -0.2) is 39.8 Å². The zero-order valence-corrected chi connectivity index (χ0v) is 17.0. The Bertz CT molecular complexity index is 885. The predicted octanol–water partition coefficient (Wildman–Crippen LogP) is 3.00. The zero-order chi connectivity index (χ0) is 20.0. The molecule has 0 aromatic heterocycles. The van der Waals surface area contributed by atoms with E-state index in [0.717, 1.165) is 21.9 Å². The third kappa shape index (κ3) is 6.45. The van der Waals surface area contributed by atoms with Gasteiger partial charge in [-0.15, -0.1) is 0 Å². The molecule has 2 aromatic rings. The Kier molecular flexibility index (Phi) is 7.10. The standard InChI is InChI=1S/C19H23ClN2O4S/c1-14-6-4-5-7-18(14)26-13-15(2)21-19(23)12-22(27(3,24)25)17-10-8-16(20)9-11-17/h4-11,15H,12-13H2,1-3H3,(H,21,23). The van der Waals surface area contributed by atoms with Crippen LogP contribution < -0.4 is 14.4 Å². The fourth-order valence-corrected chi connectivity index (χ4v) is 3.42. The lowest BCUT2D eigenvalue weighted by atomic mass is 10.2.